The Balaban J connectivity index is 2.09. The Morgan fingerprint density at radius 2 is 2.00 bits per heavy atom. The molecule has 0 amide bonds. The van der Waals surface area contributed by atoms with Gasteiger partial charge in [-0.05, 0) is 48.1 Å². The van der Waals surface area contributed by atoms with Crippen molar-refractivity contribution in [3.63, 3.8) is 0 Å². The number of H-pyrrole nitrogens is 1. The second kappa shape index (κ2) is 2.98. The van der Waals surface area contributed by atoms with Crippen LogP contribution in [0.4, 0.5) is 0 Å². The number of benzene rings is 1. The van der Waals surface area contributed by atoms with E-state index in [4.69, 9.17) is 0 Å². The molecule has 0 saturated carbocycles. The zero-order valence-corrected chi connectivity index (χ0v) is 7.96. The third kappa shape index (κ3) is 1.15. The minimum Gasteiger partial charge on any atom is -0.278 e. The number of nitrogens with zero attached hydrogens (tertiary/aromatic N) is 1. The number of aryl methyl sites for hydroxylation is 2. The van der Waals surface area contributed by atoms with Gasteiger partial charge in [-0.1, -0.05) is 12.1 Å². The highest BCUT2D eigenvalue weighted by atomic mass is 15.1. The van der Waals surface area contributed by atoms with Crippen LogP contribution in [0.2, 0.25) is 0 Å². The molecule has 2 nitrogen and oxygen atoms in total. The van der Waals surface area contributed by atoms with Crippen LogP contribution in [0.25, 0.3) is 11.3 Å². The Hall–Kier alpha value is -1.57. The predicted molar refractivity (Wildman–Crippen MR) is 56.0 cm³/mol. The maximum Gasteiger partial charge on any atom is 0.0650 e. The average molecular weight is 184 g/mol. The van der Waals surface area contributed by atoms with Crippen molar-refractivity contribution in [3.05, 3.63) is 41.6 Å². The van der Waals surface area contributed by atoms with Crippen molar-refractivity contribution in [1.82, 2.24) is 10.2 Å². The quantitative estimate of drug-likeness (QED) is 0.725. The van der Waals surface area contributed by atoms with E-state index in [0.29, 0.717) is 0 Å². The number of aromatic nitrogens is 2. The zero-order valence-electron chi connectivity index (χ0n) is 7.96. The first-order valence-corrected chi connectivity index (χ1v) is 5.05. The van der Waals surface area contributed by atoms with Gasteiger partial charge in [-0.15, -0.1) is 0 Å². The van der Waals surface area contributed by atoms with E-state index in [0.717, 1.165) is 5.69 Å². The van der Waals surface area contributed by atoms with Gasteiger partial charge < -0.3 is 0 Å². The van der Waals surface area contributed by atoms with Crippen molar-refractivity contribution >= 4 is 0 Å². The van der Waals surface area contributed by atoms with E-state index in [-0.39, 0.29) is 0 Å². The zero-order chi connectivity index (χ0) is 9.38. The predicted octanol–water partition coefficient (Wildman–Crippen LogP) is 2.57. The van der Waals surface area contributed by atoms with Crippen LogP contribution >= 0.6 is 0 Å². The van der Waals surface area contributed by atoms with E-state index in [1.54, 1.807) is 6.20 Å². The molecule has 1 aromatic carbocycles. The maximum absolute atomic E-state index is 3.97. The van der Waals surface area contributed by atoms with Crippen molar-refractivity contribution in [1.29, 1.82) is 0 Å². The molecule has 1 N–H and O–H groups in total. The fourth-order valence-electron chi connectivity index (χ4n) is 2.16. The minimum atomic E-state index is 1.11. The first kappa shape index (κ1) is 7.80. The molecule has 3 rings (SSSR count). The van der Waals surface area contributed by atoms with Gasteiger partial charge in [0.05, 0.1) is 5.69 Å². The van der Waals surface area contributed by atoms with Crippen molar-refractivity contribution in [2.24, 2.45) is 0 Å². The second-order valence-electron chi connectivity index (χ2n) is 3.81. The lowest BCUT2D eigenvalue weighted by molar-refractivity contribution is 0.912. The molecular weight excluding hydrogens is 172 g/mol. The number of hydrogen-bond donors (Lipinski definition) is 1. The molecule has 0 spiro atoms. The summed E-state index contributed by atoms with van der Waals surface area (Å²) in [6, 6.07) is 8.72. The van der Waals surface area contributed by atoms with E-state index in [1.807, 2.05) is 6.07 Å². The monoisotopic (exact) mass is 184 g/mol. The van der Waals surface area contributed by atoms with Crippen molar-refractivity contribution in [2.45, 2.75) is 19.3 Å². The Morgan fingerprint density at radius 1 is 1.07 bits per heavy atom. The van der Waals surface area contributed by atoms with Gasteiger partial charge in [0, 0.05) is 6.20 Å². The van der Waals surface area contributed by atoms with Crippen LogP contribution < -0.4 is 0 Å². The second-order valence-corrected chi connectivity index (χ2v) is 3.81. The molecule has 0 atom stereocenters. The number of fused-ring (bicyclic) bond motifs is 1. The number of rotatable bonds is 1. The van der Waals surface area contributed by atoms with Gasteiger partial charge in [0.2, 0.25) is 0 Å². The van der Waals surface area contributed by atoms with E-state index in [9.17, 15) is 0 Å². The third-order valence-electron chi connectivity index (χ3n) is 2.91. The fourth-order valence-corrected chi connectivity index (χ4v) is 2.16. The summed E-state index contributed by atoms with van der Waals surface area (Å²) in [5.74, 6) is 0. The topological polar surface area (TPSA) is 28.7 Å². The fraction of sp³-hybridized carbons (Fsp3) is 0.250. The summed E-state index contributed by atoms with van der Waals surface area (Å²) in [6.45, 7) is 0. The van der Waals surface area contributed by atoms with E-state index < -0.39 is 0 Å². The highest BCUT2D eigenvalue weighted by Crippen LogP contribution is 2.26. The smallest absolute Gasteiger partial charge is 0.0650 e. The first-order valence-electron chi connectivity index (χ1n) is 5.05. The van der Waals surface area contributed by atoms with Crippen molar-refractivity contribution in [2.75, 3.05) is 0 Å². The lowest BCUT2D eigenvalue weighted by Crippen LogP contribution is -1.84. The Kier molecular flexibility index (Phi) is 1.66. The number of hydrogen-bond acceptors (Lipinski definition) is 1. The lowest BCUT2D eigenvalue weighted by Gasteiger charge is -2.02. The minimum absolute atomic E-state index is 1.11. The lowest BCUT2D eigenvalue weighted by atomic mass is 10.0. The molecule has 0 radical (unpaired) electrons. The van der Waals surface area contributed by atoms with Gasteiger partial charge in [0.15, 0.2) is 0 Å². The Labute approximate surface area is 83.0 Å². The van der Waals surface area contributed by atoms with E-state index >= 15 is 0 Å². The van der Waals surface area contributed by atoms with Gasteiger partial charge in [0.25, 0.3) is 0 Å². The highest BCUT2D eigenvalue weighted by Gasteiger charge is 2.11. The summed E-state index contributed by atoms with van der Waals surface area (Å²) in [6.07, 6.45) is 5.58. The van der Waals surface area contributed by atoms with Crippen LogP contribution in [0.1, 0.15) is 17.5 Å². The largest absolute Gasteiger partial charge is 0.278 e. The van der Waals surface area contributed by atoms with E-state index in [2.05, 4.69) is 28.4 Å². The summed E-state index contributed by atoms with van der Waals surface area (Å²) >= 11 is 0. The molecule has 1 aliphatic rings. The summed E-state index contributed by atoms with van der Waals surface area (Å²) < 4.78 is 0. The van der Waals surface area contributed by atoms with Crippen LogP contribution in [0.3, 0.4) is 0 Å². The highest BCUT2D eigenvalue weighted by molar-refractivity contribution is 5.61. The summed E-state index contributed by atoms with van der Waals surface area (Å²) in [5.41, 5.74) is 5.40. The Morgan fingerprint density at radius 3 is 2.86 bits per heavy atom. The number of nitrogens with one attached hydrogen (secondary N) is 1. The molecule has 0 fully saturated rings. The molecular formula is C12H12N2. The molecule has 0 unspecified atom stereocenters. The first-order chi connectivity index (χ1) is 6.93. The van der Waals surface area contributed by atoms with Gasteiger partial charge in [0.1, 0.15) is 0 Å². The van der Waals surface area contributed by atoms with Crippen LogP contribution in [0.5, 0.6) is 0 Å². The summed E-state index contributed by atoms with van der Waals surface area (Å²) in [7, 11) is 0. The SMILES string of the molecule is c1cc(-c2ccc3c(c2)CCC3)[nH]n1. The van der Waals surface area contributed by atoms with Gasteiger partial charge in [-0.3, -0.25) is 5.10 Å². The normalized spacial score (nSPS) is 14.3. The standard InChI is InChI=1S/C12H12N2/c1-2-9-4-5-11(8-10(9)3-1)12-6-7-13-14-12/h4-8H,1-3H2,(H,13,14). The number of aromatic amines is 1. The van der Waals surface area contributed by atoms with Gasteiger partial charge >= 0.3 is 0 Å². The summed E-state index contributed by atoms with van der Waals surface area (Å²) in [4.78, 5) is 0. The van der Waals surface area contributed by atoms with Gasteiger partial charge in [-0.2, -0.15) is 5.10 Å². The molecule has 1 aromatic heterocycles. The molecule has 1 heterocycles. The van der Waals surface area contributed by atoms with Crippen molar-refractivity contribution in [3.8, 4) is 11.3 Å². The molecule has 1 aliphatic carbocycles. The van der Waals surface area contributed by atoms with Gasteiger partial charge in [-0.25, -0.2) is 0 Å². The molecule has 0 aliphatic heterocycles. The van der Waals surface area contributed by atoms with Crippen LogP contribution in [0.15, 0.2) is 30.5 Å². The third-order valence-corrected chi connectivity index (χ3v) is 2.91. The molecule has 0 bridgehead atoms. The average Bonchev–Trinajstić information content (AvgIpc) is 2.88. The molecule has 14 heavy (non-hydrogen) atoms. The van der Waals surface area contributed by atoms with E-state index in [1.165, 1.54) is 36.0 Å². The summed E-state index contributed by atoms with van der Waals surface area (Å²) in [5, 5.41) is 6.96. The molecule has 2 aromatic rings. The van der Waals surface area contributed by atoms with Crippen LogP contribution in [-0.4, -0.2) is 10.2 Å². The molecule has 0 saturated heterocycles. The molecule has 2 heteroatoms. The maximum atomic E-state index is 3.97. The Bertz CT molecular complexity index is 443. The van der Waals surface area contributed by atoms with Crippen LogP contribution in [-0.2, 0) is 12.8 Å². The van der Waals surface area contributed by atoms with Crippen molar-refractivity contribution < 1.29 is 0 Å². The van der Waals surface area contributed by atoms with Crippen LogP contribution in [0, 0.1) is 0 Å². The molecule has 70 valence electrons.